The van der Waals surface area contributed by atoms with Crippen molar-refractivity contribution < 1.29 is 57.5 Å². The molecule has 0 unspecified atom stereocenters. The number of hydrogen-bond donors (Lipinski definition) is 3. The number of carbonyl (C=O) groups is 2. The summed E-state index contributed by atoms with van der Waals surface area (Å²) in [5.41, 5.74) is 12.7. The van der Waals surface area contributed by atoms with E-state index < -0.39 is 13.1 Å². The maximum Gasteiger partial charge on any atom is 0.488 e. The van der Waals surface area contributed by atoms with Crippen molar-refractivity contribution in [2.75, 3.05) is 19.8 Å². The zero-order valence-electron chi connectivity index (χ0n) is 46.7. The van der Waals surface area contributed by atoms with Crippen molar-refractivity contribution in [3.8, 4) is 34.1 Å². The molecule has 14 nitrogen and oxygen atoms in total. The Kier molecular flexibility index (Phi) is 34.9. The predicted molar refractivity (Wildman–Crippen MR) is 352 cm³/mol. The lowest BCUT2D eigenvalue weighted by Crippen LogP contribution is -2.31. The fourth-order valence-electron chi connectivity index (χ4n) is 8.58. The lowest BCUT2D eigenvalue weighted by molar-refractivity contribution is -0.143. The Bertz CT molecular complexity index is 3150. The number of nitrogens with zero attached hydrogens (tertiary/aromatic N) is 2. The molecule has 16 heteroatoms. The van der Waals surface area contributed by atoms with Gasteiger partial charge >= 0.3 is 19.1 Å². The van der Waals surface area contributed by atoms with E-state index in [0.717, 1.165) is 77.4 Å². The Labute approximate surface area is 520 Å². The number of rotatable bonds is 25. The van der Waals surface area contributed by atoms with Crippen molar-refractivity contribution in [3.05, 3.63) is 205 Å². The number of carboxylic acids is 1. The van der Waals surface area contributed by atoms with Gasteiger partial charge in [0.15, 0.2) is 0 Å². The Balaban J connectivity index is 0.000000669. The van der Waals surface area contributed by atoms with Crippen LogP contribution in [0.3, 0.4) is 0 Å². The number of aryl methyl sites for hydroxylation is 4. The Morgan fingerprint density at radius 2 is 1.00 bits per heavy atom. The lowest BCUT2D eigenvalue weighted by atomic mass is 9.77. The van der Waals surface area contributed by atoms with Crippen molar-refractivity contribution in [1.29, 1.82) is 0 Å². The molecular formula is C69H92BIN2O12. The normalized spacial score (nSPS) is 10.8. The molecule has 2 heterocycles. The third-order valence-electron chi connectivity index (χ3n) is 13.1. The number of aliphatic carboxylic acids is 1. The number of carbonyl (C=O) groups excluding carboxylic acids is 1. The van der Waals surface area contributed by atoms with Crippen LogP contribution in [0.1, 0.15) is 164 Å². The van der Waals surface area contributed by atoms with Gasteiger partial charge in [-0.25, -0.2) is 0 Å². The van der Waals surface area contributed by atoms with Crippen LogP contribution in [-0.2, 0) is 27.5 Å². The molecule has 8 rings (SSSR count). The number of carboxylic acid groups (broad SMARTS) is 1. The topological polar surface area (TPSA) is 193 Å². The van der Waals surface area contributed by atoms with Gasteiger partial charge in [-0.3, -0.25) is 9.59 Å². The third-order valence-corrected chi connectivity index (χ3v) is 14.3. The van der Waals surface area contributed by atoms with E-state index in [9.17, 15) is 14.7 Å². The summed E-state index contributed by atoms with van der Waals surface area (Å²) in [5.74, 6) is 1.43. The molecule has 6 aromatic carbocycles. The van der Waals surface area contributed by atoms with E-state index in [1.165, 1.54) is 43.9 Å². The highest BCUT2D eigenvalue weighted by Crippen LogP contribution is 2.33. The van der Waals surface area contributed by atoms with Gasteiger partial charge in [-0.2, -0.15) is 0 Å². The summed E-state index contributed by atoms with van der Waals surface area (Å²) in [5, 5.41) is 35.3. The quantitative estimate of drug-likeness (QED) is 0.0212. The minimum absolute atomic E-state index is 0. The zero-order chi connectivity index (χ0) is 57.4. The maximum absolute atomic E-state index is 12.0. The fraction of sp³-hybridized carbons (Fsp3) is 0.362. The van der Waals surface area contributed by atoms with Gasteiger partial charge in [0.05, 0.1) is 44.1 Å². The summed E-state index contributed by atoms with van der Waals surface area (Å²) in [4.78, 5) is 23.4. The number of aromatic nitrogens is 2. The van der Waals surface area contributed by atoms with Gasteiger partial charge in [0.1, 0.15) is 48.7 Å². The van der Waals surface area contributed by atoms with Crippen molar-refractivity contribution in [3.63, 3.8) is 0 Å². The molecular weight excluding hydrogens is 1190 g/mol. The van der Waals surface area contributed by atoms with Gasteiger partial charge in [0, 0.05) is 27.5 Å². The van der Waals surface area contributed by atoms with Gasteiger partial charge < -0.3 is 47.9 Å². The van der Waals surface area contributed by atoms with E-state index in [1.54, 1.807) is 31.2 Å². The van der Waals surface area contributed by atoms with Crippen molar-refractivity contribution in [2.45, 2.75) is 149 Å². The highest BCUT2D eigenvalue weighted by molar-refractivity contribution is 14.1. The Morgan fingerprint density at radius 3 is 1.44 bits per heavy atom. The first kappa shape index (κ1) is 75.6. The molecule has 2 aromatic heterocycles. The number of benzene rings is 6. The standard InChI is InChI=1S/C31H33NO5.C22H22INO4.C11H17BO3.5CH4/c1-4-5-15-35-26-12-13-27(22(3)17-26)28-18-23(7-6-21(28)2)20-36-25-10-8-24(9-11-25)29(19-31(33)34)30-14-16-37-32-30;1-3-26-22(25)13-19(21-10-11-28-24-21)17-6-8-18(9-7-17)27-14-16-5-4-15(2)20(23)12-16;1-3-4-7-15-10-5-6-11(12(13)14)9(2)8-10;;;;;/h6-14,16-18,29H,4-5,15,19-20H2,1-3H3,(H,33,34);4-12,19H,3,13-14H2,1-2H3;5-6,8,13-14H,3-4,7H2,1-2H3;5*1H4/t29-;19-;;;;;;/m00....../s1. The number of ether oxygens (including phenoxy) is 5. The summed E-state index contributed by atoms with van der Waals surface area (Å²) >= 11 is 2.33. The van der Waals surface area contributed by atoms with Gasteiger partial charge in [-0.1, -0.05) is 135 Å². The lowest BCUT2D eigenvalue weighted by Gasteiger charge is -2.15. The van der Waals surface area contributed by atoms with E-state index in [2.05, 4.69) is 116 Å². The maximum atomic E-state index is 12.0. The SMILES string of the molecule is C.C.C.C.C.CCCCOc1ccc(-c2cc(COc3ccc([C@H](CC(=O)O)c4ccon4)cc3)ccc2C)c(C)c1.CCCCOc1ccc(B(O)O)c(C)c1.CCOC(=O)C[C@@H](c1ccc(OCc2ccc(C)c(I)c2)cc1)c1ccon1. The van der Waals surface area contributed by atoms with Gasteiger partial charge in [0.25, 0.3) is 0 Å². The first-order chi connectivity index (χ1) is 38.6. The van der Waals surface area contributed by atoms with Crippen LogP contribution in [0, 0.1) is 31.3 Å². The number of halogens is 1. The second-order valence-corrected chi connectivity index (χ2v) is 20.4. The molecule has 85 heavy (non-hydrogen) atoms. The van der Waals surface area contributed by atoms with E-state index >= 15 is 0 Å². The van der Waals surface area contributed by atoms with Crippen LogP contribution in [0.25, 0.3) is 11.1 Å². The molecule has 3 N–H and O–H groups in total. The highest BCUT2D eigenvalue weighted by Gasteiger charge is 2.23. The molecule has 0 bridgehead atoms. The van der Waals surface area contributed by atoms with E-state index in [4.69, 9.17) is 42.8 Å². The van der Waals surface area contributed by atoms with E-state index in [-0.39, 0.29) is 67.8 Å². The first-order valence-electron chi connectivity index (χ1n) is 27.0. The second kappa shape index (κ2) is 39.3. The summed E-state index contributed by atoms with van der Waals surface area (Å²) in [6.45, 7) is 16.9. The minimum Gasteiger partial charge on any atom is -0.494 e. The largest absolute Gasteiger partial charge is 0.494 e. The smallest absolute Gasteiger partial charge is 0.488 e. The molecule has 0 spiro atoms. The van der Waals surface area contributed by atoms with Gasteiger partial charge in [-0.15, -0.1) is 0 Å². The molecule has 0 aliphatic carbocycles. The highest BCUT2D eigenvalue weighted by atomic mass is 127. The van der Waals surface area contributed by atoms with Crippen molar-refractivity contribution in [1.82, 2.24) is 10.3 Å². The molecule has 0 radical (unpaired) electrons. The average molecular weight is 1280 g/mol. The molecule has 0 saturated heterocycles. The minimum atomic E-state index is -1.41. The second-order valence-electron chi connectivity index (χ2n) is 19.3. The number of esters is 1. The van der Waals surface area contributed by atoms with Gasteiger partial charge in [-0.05, 0) is 192 Å². The molecule has 8 aromatic rings. The van der Waals surface area contributed by atoms with Crippen LogP contribution >= 0.6 is 22.6 Å². The molecule has 0 aliphatic rings. The predicted octanol–water partition coefficient (Wildman–Crippen LogP) is 16.6. The monoisotopic (exact) mass is 1280 g/mol. The van der Waals surface area contributed by atoms with Crippen LogP contribution in [0.2, 0.25) is 0 Å². The molecule has 0 saturated carbocycles. The number of unbranched alkanes of at least 4 members (excludes halogenated alkanes) is 2. The molecule has 460 valence electrons. The summed E-state index contributed by atoms with van der Waals surface area (Å²) < 4.78 is 39.5. The van der Waals surface area contributed by atoms with Crippen LogP contribution in [-0.4, -0.2) is 64.3 Å². The van der Waals surface area contributed by atoms with Crippen molar-refractivity contribution in [2.24, 2.45) is 0 Å². The summed E-state index contributed by atoms with van der Waals surface area (Å²) in [7, 11) is -1.41. The molecule has 2 atom stereocenters. The first-order valence-corrected chi connectivity index (χ1v) is 28.0. The third kappa shape index (κ3) is 23.9. The fourth-order valence-corrected chi connectivity index (χ4v) is 9.16. The Morgan fingerprint density at radius 1 is 0.529 bits per heavy atom. The van der Waals surface area contributed by atoms with Crippen LogP contribution < -0.4 is 24.4 Å². The van der Waals surface area contributed by atoms with Crippen LogP contribution in [0.15, 0.2) is 155 Å². The van der Waals surface area contributed by atoms with Gasteiger partial charge in [0.2, 0.25) is 0 Å². The van der Waals surface area contributed by atoms with E-state index in [1.807, 2.05) is 67.6 Å². The number of hydrogen-bond acceptors (Lipinski definition) is 13. The van der Waals surface area contributed by atoms with Crippen LogP contribution in [0.4, 0.5) is 0 Å². The Hall–Kier alpha value is -7.41. The van der Waals surface area contributed by atoms with Crippen LogP contribution in [0.5, 0.6) is 23.0 Å². The molecule has 0 fully saturated rings. The molecule has 0 aliphatic heterocycles. The van der Waals surface area contributed by atoms with Crippen molar-refractivity contribution >= 4 is 47.1 Å². The molecule has 0 amide bonds. The summed E-state index contributed by atoms with van der Waals surface area (Å²) in [6, 6.07) is 42.9. The summed E-state index contributed by atoms with van der Waals surface area (Å²) in [6.07, 6.45) is 7.41. The average Bonchev–Trinajstić information content (AvgIpc) is 3.78. The zero-order valence-corrected chi connectivity index (χ0v) is 48.8. The van der Waals surface area contributed by atoms with E-state index in [0.29, 0.717) is 49.0 Å².